The lowest BCUT2D eigenvalue weighted by atomic mass is 9.79. The van der Waals surface area contributed by atoms with Crippen molar-refractivity contribution < 1.29 is 87.2 Å². The van der Waals surface area contributed by atoms with E-state index in [0.717, 1.165) is 60.7 Å². The molecule has 0 aromatic heterocycles. The standard InChI is InChI=1S/C45H38N2O18S6.C7H18N/c1-44(2)40(46(26-10-8-12-28(20-26)66(48,49)50)36-24-38(70(60,61)62)34-22-30(68(54,55)56)16-18-32(34)42(36)44)14-6-5-7-15-41-45(3,4)43-33-19-17-31(69(57,58)59)23-35(33)39(71(63,64)65)25-37(43)47(41)27-11-9-13-29(21-27)67(51,52)53;1-5-8(4,6-2)7-3/h5-25H,1-4H3,(H5-,48,49,50,51,52,53,54,55,56,57,58,59,60,61,62,63,64,65);5-7H2,1-4H3/q;+1/p-2. The highest BCUT2D eigenvalue weighted by molar-refractivity contribution is 7.87. The third-order valence-electron chi connectivity index (χ3n) is 14.6. The summed E-state index contributed by atoms with van der Waals surface area (Å²) >= 11 is 0. The molecule has 0 radical (unpaired) electrons. The van der Waals surface area contributed by atoms with Crippen molar-refractivity contribution in [1.82, 2.24) is 4.58 Å². The summed E-state index contributed by atoms with van der Waals surface area (Å²) in [5.74, 6) is 0. The lowest BCUT2D eigenvalue weighted by Crippen LogP contribution is -2.99. The van der Waals surface area contributed by atoms with Crippen LogP contribution in [0.5, 0.6) is 0 Å². The zero-order valence-electron chi connectivity index (χ0n) is 43.5. The molecule has 0 saturated carbocycles. The van der Waals surface area contributed by atoms with E-state index in [4.69, 9.17) is 0 Å². The first-order chi connectivity index (χ1) is 36.2. The van der Waals surface area contributed by atoms with Crippen LogP contribution < -0.4 is 9.48 Å². The molecular weight excluding hydrogens is 1150 g/mol. The Kier molecular flexibility index (Phi) is 16.1. The molecule has 6 aromatic rings. The van der Waals surface area contributed by atoms with Gasteiger partial charge in [0.05, 0.1) is 62.0 Å². The summed E-state index contributed by atoms with van der Waals surface area (Å²) in [6.45, 7) is 17.3. The number of fused-ring (bicyclic) bond motifs is 6. The number of allylic oxidation sites excluding steroid dienone is 6. The van der Waals surface area contributed by atoms with Crippen molar-refractivity contribution in [3.63, 3.8) is 0 Å². The average molecular weight is 1200 g/mol. The minimum atomic E-state index is -5.41. The monoisotopic (exact) mass is 1200 g/mol. The minimum Gasteiger partial charge on any atom is -0.744 e. The third-order valence-corrected chi connectivity index (χ3v) is 19.8. The van der Waals surface area contributed by atoms with Crippen molar-refractivity contribution in [2.75, 3.05) is 26.7 Å². The van der Waals surface area contributed by atoms with Crippen LogP contribution in [0.15, 0.2) is 163 Å². The molecule has 0 spiro atoms. The van der Waals surface area contributed by atoms with E-state index < -0.39 is 101 Å². The maximum absolute atomic E-state index is 12.8. The van der Waals surface area contributed by atoms with Gasteiger partial charge in [-0.15, -0.1) is 0 Å². The Labute approximate surface area is 459 Å². The van der Waals surface area contributed by atoms with E-state index in [1.807, 2.05) is 0 Å². The maximum atomic E-state index is 12.8. The van der Waals surface area contributed by atoms with Crippen molar-refractivity contribution >= 4 is 111 Å². The first-order valence-electron chi connectivity index (χ1n) is 23.9. The fraction of sp³-hybridized carbons (Fsp3) is 0.250. The zero-order chi connectivity index (χ0) is 59.0. The van der Waals surface area contributed by atoms with E-state index >= 15 is 0 Å². The van der Waals surface area contributed by atoms with E-state index in [9.17, 15) is 77.8 Å². The molecule has 0 amide bonds. The van der Waals surface area contributed by atoms with Crippen LogP contribution in [-0.4, -0.2) is 115 Å². The van der Waals surface area contributed by atoms with Gasteiger partial charge in [-0.1, -0.05) is 42.5 Å². The van der Waals surface area contributed by atoms with Crippen LogP contribution in [0.4, 0.5) is 22.7 Å². The number of benzene rings is 6. The molecule has 27 heteroatoms. The van der Waals surface area contributed by atoms with Crippen LogP contribution in [-0.2, 0) is 71.5 Å². The summed E-state index contributed by atoms with van der Waals surface area (Å²) in [6.07, 6.45) is 7.64. The predicted molar refractivity (Wildman–Crippen MR) is 289 cm³/mol. The number of hydrogen-bond donors (Lipinski definition) is 3. The molecule has 1 unspecified atom stereocenters. The fourth-order valence-electron chi connectivity index (χ4n) is 10.1. The first kappa shape index (κ1) is 60.7. The zero-order valence-corrected chi connectivity index (χ0v) is 48.4. The van der Waals surface area contributed by atoms with Gasteiger partial charge >= 0.3 is 0 Å². The van der Waals surface area contributed by atoms with Gasteiger partial charge in [-0.2, -0.15) is 21.4 Å². The Balaban J connectivity index is 0.00000105. The molecule has 0 saturated heterocycles. The molecule has 1 atom stereocenters. The normalized spacial score (nSPS) is 17.4. The van der Waals surface area contributed by atoms with Gasteiger partial charge in [0.25, 0.3) is 20.2 Å². The van der Waals surface area contributed by atoms with E-state index in [2.05, 4.69) is 27.8 Å². The van der Waals surface area contributed by atoms with E-state index in [1.54, 1.807) is 33.8 Å². The third kappa shape index (κ3) is 11.8. The fourth-order valence-corrected chi connectivity index (χ4v) is 13.5. The van der Waals surface area contributed by atoms with Gasteiger partial charge in [-0.05, 0) is 108 Å². The molecular formula is C52H54N3O18S6-. The molecule has 2 aliphatic rings. The van der Waals surface area contributed by atoms with Crippen molar-refractivity contribution in [2.24, 2.45) is 0 Å². The molecule has 2 aliphatic heterocycles. The van der Waals surface area contributed by atoms with Crippen LogP contribution >= 0.6 is 0 Å². The predicted octanol–water partition coefficient (Wildman–Crippen LogP) is 6.00. The van der Waals surface area contributed by atoms with Crippen molar-refractivity contribution in [3.05, 3.63) is 144 Å². The van der Waals surface area contributed by atoms with E-state index in [0.29, 0.717) is 22.5 Å². The van der Waals surface area contributed by atoms with E-state index in [1.165, 1.54) is 89.4 Å². The van der Waals surface area contributed by atoms with Crippen LogP contribution in [0, 0.1) is 0 Å². The molecule has 422 valence electrons. The number of nitrogens with zero attached hydrogens (tertiary/aromatic N) is 2. The summed E-state index contributed by atoms with van der Waals surface area (Å²) in [5, 5.41) is -0.648. The Hall–Kier alpha value is -5.89. The van der Waals surface area contributed by atoms with Gasteiger partial charge in [0.2, 0.25) is 11.4 Å². The topological polar surface area (TPSA) is 345 Å². The van der Waals surface area contributed by atoms with Crippen molar-refractivity contribution in [3.8, 4) is 0 Å². The molecule has 0 bridgehead atoms. The summed E-state index contributed by atoms with van der Waals surface area (Å²) in [4.78, 5) is -4.34. The number of hydrogen-bond acceptors (Lipinski definition) is 16. The van der Waals surface area contributed by atoms with Gasteiger partial charge in [0.1, 0.15) is 62.4 Å². The largest absolute Gasteiger partial charge is 0.744 e. The molecule has 3 N–H and O–H groups in total. The Morgan fingerprint density at radius 1 is 0.532 bits per heavy atom. The molecule has 8 rings (SSSR count). The van der Waals surface area contributed by atoms with Crippen LogP contribution in [0.1, 0.15) is 59.6 Å². The number of rotatable bonds is 14. The van der Waals surface area contributed by atoms with Gasteiger partial charge < -0.3 is 22.7 Å². The Morgan fingerprint density at radius 3 is 1.48 bits per heavy atom. The summed E-state index contributed by atoms with van der Waals surface area (Å²) < 4.78 is 221. The maximum Gasteiger partial charge on any atom is 0.294 e. The smallest absolute Gasteiger partial charge is 0.294 e. The summed E-state index contributed by atoms with van der Waals surface area (Å²) in [6, 6.07) is 17.7. The minimum absolute atomic E-state index is 0.0244. The van der Waals surface area contributed by atoms with Crippen molar-refractivity contribution in [1.29, 1.82) is 0 Å². The molecule has 0 fully saturated rings. The number of quaternary nitrogens is 2. The lowest BCUT2D eigenvalue weighted by Gasteiger charge is -2.30. The molecule has 79 heavy (non-hydrogen) atoms. The molecule has 2 heterocycles. The van der Waals surface area contributed by atoms with Crippen LogP contribution in [0.2, 0.25) is 0 Å². The second-order valence-corrected chi connectivity index (χ2v) is 28.3. The second-order valence-electron chi connectivity index (χ2n) is 20.0. The van der Waals surface area contributed by atoms with Crippen LogP contribution in [0.25, 0.3) is 21.5 Å². The van der Waals surface area contributed by atoms with Gasteiger partial charge in [-0.25, -0.2) is 38.6 Å². The average Bonchev–Trinajstić information content (AvgIpc) is 3.73. The van der Waals surface area contributed by atoms with Crippen molar-refractivity contribution in [2.45, 2.75) is 88.7 Å². The van der Waals surface area contributed by atoms with Gasteiger partial charge in [0, 0.05) is 58.3 Å². The first-order valence-corrected chi connectivity index (χ1v) is 32.4. The molecule has 0 aliphatic carbocycles. The molecule has 6 aromatic carbocycles. The second kappa shape index (κ2) is 20.9. The Bertz CT molecular complexity index is 4380. The summed E-state index contributed by atoms with van der Waals surface area (Å²) in [5.41, 5.74) is -0.808. The SMILES string of the molecule is CC1(C)C(/C=C/C=C/C=C2/[NH+](c3cccc(S(=O)(=O)O)c3)c3cc(S(=O)(=O)[O-])c4cc(S(=O)(=O)[O-])ccc4c3C2(C)C)=[N+](c2cccc(S(=O)(=O)O)c2)c2cc(S(=O)(=O)[O-])c3cc(S(=O)(=O)[O-])ccc3c21.CC[N+](C)(CC)CC. The summed E-state index contributed by atoms with van der Waals surface area (Å²) in [7, 11) is -28.4. The van der Waals surface area contributed by atoms with E-state index in [-0.39, 0.29) is 49.2 Å². The van der Waals surface area contributed by atoms with Gasteiger partial charge in [-0.3, -0.25) is 9.11 Å². The van der Waals surface area contributed by atoms with Gasteiger partial charge in [0.15, 0.2) is 5.71 Å². The quantitative estimate of drug-likeness (QED) is 0.0487. The molecule has 21 nitrogen and oxygen atoms in total. The lowest BCUT2D eigenvalue weighted by molar-refractivity contribution is -0.904. The highest BCUT2D eigenvalue weighted by atomic mass is 32.2. The Morgan fingerprint density at radius 2 is 1.01 bits per heavy atom. The highest BCUT2D eigenvalue weighted by Crippen LogP contribution is 2.49. The van der Waals surface area contributed by atoms with Crippen LogP contribution in [0.3, 0.4) is 0 Å². The number of nitrogens with one attached hydrogen (secondary N) is 1. The highest BCUT2D eigenvalue weighted by Gasteiger charge is 2.50.